The minimum absolute atomic E-state index is 0. The zero-order valence-electron chi connectivity index (χ0n) is 17.5. The average Bonchev–Trinajstić information content (AvgIpc) is 2.68. The van der Waals surface area contributed by atoms with Crippen molar-refractivity contribution in [1.29, 1.82) is 0 Å². The molecule has 0 saturated heterocycles. The van der Waals surface area contributed by atoms with Crippen LogP contribution in [0.25, 0.3) is 0 Å². The number of carbonyl (C=O) groups excluding carboxylic acids is 1. The number of rotatable bonds is 16. The highest BCUT2D eigenvalue weighted by Gasteiger charge is 2.12. The van der Waals surface area contributed by atoms with Crippen LogP contribution in [0.1, 0.15) is 94.3 Å². The maximum absolute atomic E-state index is 12.1. The number of para-hydroxylation sites is 1. The van der Waals surface area contributed by atoms with Gasteiger partial charge in [-0.15, -0.1) is 0 Å². The standard InChI is InChI=1S/C23H39NO2S.BrH/c1-2-3-4-5-6-7-8-9-10-14-20(19-27)15-13-18-24-23(26)21-16-11-12-17-22(21)25;/h11-12,16-17,20,25,27H,2-10,13-15,18-19H2,1H3,(H,24,26);1H. The number of hydrogen-bond acceptors (Lipinski definition) is 2. The molecular formula is C23H40BrNO2S. The van der Waals surface area contributed by atoms with Crippen LogP contribution in [0.2, 0.25) is 0 Å². The number of hydrogen-bond donors (Lipinski definition) is 2. The van der Waals surface area contributed by atoms with Crippen LogP contribution in [0.5, 0.6) is 5.75 Å². The van der Waals surface area contributed by atoms with Crippen molar-refractivity contribution in [2.45, 2.75) is 84.0 Å². The normalized spacial score (nSPS) is 11.6. The van der Waals surface area contributed by atoms with Crippen molar-refractivity contribution in [2.24, 2.45) is 5.92 Å². The van der Waals surface area contributed by atoms with Crippen LogP contribution in [-0.4, -0.2) is 23.3 Å². The van der Waals surface area contributed by atoms with Crippen molar-refractivity contribution in [1.82, 2.24) is 5.32 Å². The Kier molecular flexibility index (Phi) is 17.9. The predicted molar refractivity (Wildman–Crippen MR) is 120 cm³/mol. The second kappa shape index (κ2) is 18.4. The van der Waals surface area contributed by atoms with Gasteiger partial charge in [-0.1, -0.05) is 76.8 Å². The van der Waals surface area contributed by atoms with Gasteiger partial charge in [0.05, 0.1) is 5.56 Å². The van der Waals surface area contributed by atoms with E-state index in [1.165, 1.54) is 64.2 Å². The summed E-state index contributed by atoms with van der Waals surface area (Å²) >= 11 is 3.69. The third-order valence-electron chi connectivity index (χ3n) is 5.23. The number of nitrogens with one attached hydrogen (secondary N) is 1. The summed E-state index contributed by atoms with van der Waals surface area (Å²) in [5.74, 6) is 1.57. The van der Waals surface area contributed by atoms with E-state index in [1.807, 2.05) is 0 Å². The quantitative estimate of drug-likeness (QED) is 0.286. The number of unbranched alkanes of at least 4 members (excludes halogenated alkanes) is 8. The lowest BCUT2D eigenvalue weighted by molar-refractivity contribution is -0.0000154. The van der Waals surface area contributed by atoms with Gasteiger partial charge >= 0.3 is 0 Å². The van der Waals surface area contributed by atoms with Crippen LogP contribution in [0.15, 0.2) is 24.3 Å². The second-order valence-corrected chi connectivity index (χ2v) is 8.01. The van der Waals surface area contributed by atoms with Crippen LogP contribution in [0.4, 0.5) is 0 Å². The first-order valence-corrected chi connectivity index (χ1v) is 11.6. The second-order valence-electron chi connectivity index (χ2n) is 7.60. The highest BCUT2D eigenvalue weighted by atomic mass is 79.9. The smallest absolute Gasteiger partial charge is 0.255 e. The third kappa shape index (κ3) is 12.7. The Bertz CT molecular complexity index is 513. The van der Waals surface area contributed by atoms with E-state index in [9.17, 15) is 9.90 Å². The maximum atomic E-state index is 12.1. The molecule has 0 aliphatic heterocycles. The first kappa shape index (κ1) is 27.3. The van der Waals surface area contributed by atoms with E-state index in [1.54, 1.807) is 24.3 Å². The molecule has 0 bridgehead atoms. The Morgan fingerprint density at radius 1 is 0.964 bits per heavy atom. The molecule has 0 saturated carbocycles. The first-order chi connectivity index (χ1) is 13.2. The summed E-state index contributed by atoms with van der Waals surface area (Å²) < 4.78 is 0. The topological polar surface area (TPSA) is 49.3 Å². The molecule has 0 aliphatic rings. The number of phenols is 1. The van der Waals surface area contributed by atoms with Crippen LogP contribution >= 0.6 is 0 Å². The van der Waals surface area contributed by atoms with Gasteiger partial charge in [-0.3, -0.25) is 4.79 Å². The lowest BCUT2D eigenvalue weighted by Gasteiger charge is -2.12. The molecular weight excluding hydrogens is 434 g/mol. The van der Waals surface area contributed by atoms with Gasteiger partial charge in [-0.25, -0.2) is 0 Å². The van der Waals surface area contributed by atoms with Gasteiger partial charge in [0.1, 0.15) is 11.5 Å². The Morgan fingerprint density at radius 3 is 2.14 bits per heavy atom. The number of carbonyl (C=O) groups is 1. The van der Waals surface area contributed by atoms with E-state index in [0.717, 1.165) is 18.6 Å². The highest BCUT2D eigenvalue weighted by molar-refractivity contribution is 7.58. The fourth-order valence-corrected chi connectivity index (χ4v) is 3.85. The maximum Gasteiger partial charge on any atom is 0.255 e. The third-order valence-corrected chi connectivity index (χ3v) is 5.81. The highest BCUT2D eigenvalue weighted by Crippen LogP contribution is 2.18. The molecule has 0 heterocycles. The molecule has 1 atom stereocenters. The number of phenolic OH excluding ortho intramolecular Hbond substituents is 1. The monoisotopic (exact) mass is 473 g/mol. The van der Waals surface area contributed by atoms with Gasteiger partial charge < -0.3 is 27.4 Å². The average molecular weight is 475 g/mol. The lowest BCUT2D eigenvalue weighted by Crippen LogP contribution is -3.00. The molecule has 0 fully saturated rings. The SMILES string of the molecule is CCCCCCCCCCCC(C[SH2+])CCCNC(=O)c1ccccc1O.[Br-]. The Hall–Kier alpha value is -0.680. The number of aromatic hydroxyl groups is 1. The summed E-state index contributed by atoms with van der Waals surface area (Å²) in [6.07, 6.45) is 15.7. The molecule has 3 nitrogen and oxygen atoms in total. The van der Waals surface area contributed by atoms with E-state index >= 15 is 0 Å². The van der Waals surface area contributed by atoms with Gasteiger partial charge in [-0.05, 0) is 44.0 Å². The van der Waals surface area contributed by atoms with Crippen LogP contribution < -0.4 is 22.3 Å². The van der Waals surface area contributed by atoms with Gasteiger partial charge in [-0.2, -0.15) is 0 Å². The molecule has 2 N–H and O–H groups in total. The molecule has 1 aromatic rings. The Balaban J connectivity index is 0.00000729. The van der Waals surface area contributed by atoms with Crippen molar-refractivity contribution in [3.05, 3.63) is 29.8 Å². The largest absolute Gasteiger partial charge is 1.00 e. The van der Waals surface area contributed by atoms with Crippen molar-refractivity contribution in [3.8, 4) is 5.75 Å². The zero-order chi connectivity index (χ0) is 19.7. The van der Waals surface area contributed by atoms with E-state index in [4.69, 9.17) is 0 Å². The van der Waals surface area contributed by atoms with Gasteiger partial charge in [0, 0.05) is 12.5 Å². The molecule has 0 spiro atoms. The van der Waals surface area contributed by atoms with Gasteiger partial charge in [0.2, 0.25) is 0 Å². The summed E-state index contributed by atoms with van der Waals surface area (Å²) in [7, 11) is 0. The molecule has 162 valence electrons. The summed E-state index contributed by atoms with van der Waals surface area (Å²) in [5, 5.41) is 12.6. The summed E-state index contributed by atoms with van der Waals surface area (Å²) in [4.78, 5) is 12.1. The molecule has 0 aliphatic carbocycles. The van der Waals surface area contributed by atoms with Gasteiger partial charge in [0.15, 0.2) is 0 Å². The van der Waals surface area contributed by atoms with E-state index < -0.39 is 0 Å². The Labute approximate surface area is 188 Å². The molecule has 1 aromatic carbocycles. The van der Waals surface area contributed by atoms with Crippen molar-refractivity contribution in [3.63, 3.8) is 0 Å². The number of halogens is 1. The summed E-state index contributed by atoms with van der Waals surface area (Å²) in [6.45, 7) is 2.93. The molecule has 1 amide bonds. The fraction of sp³-hybridized carbons (Fsp3) is 0.696. The molecule has 1 unspecified atom stereocenters. The van der Waals surface area contributed by atoms with Crippen molar-refractivity contribution in [2.75, 3.05) is 12.3 Å². The fourth-order valence-electron chi connectivity index (χ4n) is 3.45. The van der Waals surface area contributed by atoms with Crippen LogP contribution in [-0.2, 0) is 12.6 Å². The van der Waals surface area contributed by atoms with E-state index in [2.05, 4.69) is 24.9 Å². The molecule has 5 heteroatoms. The van der Waals surface area contributed by atoms with Crippen LogP contribution in [0, 0.1) is 5.92 Å². The van der Waals surface area contributed by atoms with Gasteiger partial charge in [0.25, 0.3) is 5.91 Å². The van der Waals surface area contributed by atoms with Crippen LogP contribution in [0.3, 0.4) is 0 Å². The number of benzene rings is 1. The molecule has 1 rings (SSSR count). The van der Waals surface area contributed by atoms with E-state index in [-0.39, 0.29) is 28.6 Å². The molecule has 28 heavy (non-hydrogen) atoms. The molecule has 0 radical (unpaired) electrons. The first-order valence-electron chi connectivity index (χ1n) is 10.9. The lowest BCUT2D eigenvalue weighted by atomic mass is 9.97. The minimum Gasteiger partial charge on any atom is -1.00 e. The number of amides is 1. The van der Waals surface area contributed by atoms with Crippen molar-refractivity contribution >= 4 is 18.5 Å². The summed E-state index contributed by atoms with van der Waals surface area (Å²) in [5.41, 5.74) is 0.351. The molecule has 0 aromatic heterocycles. The van der Waals surface area contributed by atoms with Crippen molar-refractivity contribution < 1.29 is 26.9 Å². The zero-order valence-corrected chi connectivity index (χ0v) is 20.1. The Morgan fingerprint density at radius 2 is 1.54 bits per heavy atom. The predicted octanol–water partition coefficient (Wildman–Crippen LogP) is 2.45. The van der Waals surface area contributed by atoms with E-state index in [0.29, 0.717) is 18.0 Å². The summed E-state index contributed by atoms with van der Waals surface area (Å²) in [6, 6.07) is 6.68. The minimum atomic E-state index is -0.193.